The zero-order valence-corrected chi connectivity index (χ0v) is 33.1. The Balaban J connectivity index is 1.75. The molecular weight excluding hydrogens is 663 g/mol. The molecule has 0 bridgehead atoms. The number of aromatic nitrogens is 3. The van der Waals surface area contributed by atoms with Crippen molar-refractivity contribution in [3.63, 3.8) is 0 Å². The molecule has 3 heterocycles. The number of likely N-dealkylation sites (tertiary alicyclic amines) is 1. The van der Waals surface area contributed by atoms with Gasteiger partial charge in [-0.1, -0.05) is 51.4 Å². The number of carbonyl (C=O) groups is 1. The SMILES string of the molecule is CC(C)(C)OC(=O)N1CCCC(c2cc(N(COCC[Si](C)(C)C)COCC[Si](C)(C)C)n3ncc(-c4ccc([SH](=O)=O)cc4)c3n2)C1. The lowest BCUT2D eigenvalue weighted by atomic mass is 9.94. The summed E-state index contributed by atoms with van der Waals surface area (Å²) < 4.78 is 43.2. The van der Waals surface area contributed by atoms with Gasteiger partial charge in [0.05, 0.1) is 16.8 Å². The van der Waals surface area contributed by atoms with Gasteiger partial charge in [0.1, 0.15) is 24.9 Å². The third-order valence-electron chi connectivity index (χ3n) is 8.16. The lowest BCUT2D eigenvalue weighted by molar-refractivity contribution is 0.0197. The number of piperidine rings is 1. The van der Waals surface area contributed by atoms with Gasteiger partial charge in [-0.15, -0.1) is 0 Å². The number of fused-ring (bicyclic) bond motifs is 1. The third kappa shape index (κ3) is 11.1. The van der Waals surface area contributed by atoms with Crippen molar-refractivity contribution in [3.05, 3.63) is 42.2 Å². The molecule has 11 nitrogen and oxygen atoms in total. The lowest BCUT2D eigenvalue weighted by Crippen LogP contribution is -2.42. The number of nitrogens with zero attached hydrogens (tertiary/aromatic N) is 5. The van der Waals surface area contributed by atoms with E-state index in [1.165, 1.54) is 0 Å². The Morgan fingerprint density at radius 3 is 2.12 bits per heavy atom. The summed E-state index contributed by atoms with van der Waals surface area (Å²) in [5.74, 6) is 0.767. The first-order valence-corrected chi connectivity index (χ1v) is 25.5. The fourth-order valence-electron chi connectivity index (χ4n) is 5.35. The van der Waals surface area contributed by atoms with Crippen LogP contribution in [-0.2, 0) is 24.9 Å². The van der Waals surface area contributed by atoms with E-state index in [0.717, 1.165) is 47.6 Å². The van der Waals surface area contributed by atoms with Crippen LogP contribution in [0.4, 0.5) is 10.6 Å². The molecule has 1 unspecified atom stereocenters. The summed E-state index contributed by atoms with van der Waals surface area (Å²) in [5.41, 5.74) is 2.50. The highest BCUT2D eigenvalue weighted by Gasteiger charge is 2.30. The van der Waals surface area contributed by atoms with E-state index in [2.05, 4.69) is 50.2 Å². The van der Waals surface area contributed by atoms with Gasteiger partial charge in [0.25, 0.3) is 0 Å². The van der Waals surface area contributed by atoms with E-state index in [-0.39, 0.29) is 16.9 Å². The monoisotopic (exact) mass is 717 g/mol. The second-order valence-electron chi connectivity index (χ2n) is 16.1. The summed E-state index contributed by atoms with van der Waals surface area (Å²) >= 11 is 0. The van der Waals surface area contributed by atoms with Crippen LogP contribution in [0.3, 0.4) is 0 Å². The maximum atomic E-state index is 13.1. The highest BCUT2D eigenvalue weighted by molar-refractivity contribution is 7.72. The van der Waals surface area contributed by atoms with E-state index >= 15 is 0 Å². The number of hydrogen-bond acceptors (Lipinski definition) is 9. The molecule has 1 aromatic carbocycles. The quantitative estimate of drug-likeness (QED) is 0.0822. The van der Waals surface area contributed by atoms with E-state index in [0.29, 0.717) is 45.4 Å². The minimum atomic E-state index is -2.69. The summed E-state index contributed by atoms with van der Waals surface area (Å²) in [5, 5.41) is 4.79. The molecule has 1 aliphatic rings. The van der Waals surface area contributed by atoms with Crippen molar-refractivity contribution in [2.75, 3.05) is 44.7 Å². The van der Waals surface area contributed by atoms with Crippen molar-refractivity contribution < 1.29 is 27.4 Å². The molecule has 2 aromatic heterocycles. The van der Waals surface area contributed by atoms with Crippen LogP contribution in [0.15, 0.2) is 41.4 Å². The first-order chi connectivity index (χ1) is 22.4. The topological polar surface area (TPSA) is 116 Å². The van der Waals surface area contributed by atoms with Crippen LogP contribution in [-0.4, -0.2) is 95.5 Å². The van der Waals surface area contributed by atoms with E-state index in [9.17, 15) is 13.2 Å². The number of ether oxygens (including phenoxy) is 3. The molecule has 14 heteroatoms. The van der Waals surface area contributed by atoms with Gasteiger partial charge in [-0.3, -0.25) is 0 Å². The molecule has 48 heavy (non-hydrogen) atoms. The van der Waals surface area contributed by atoms with Gasteiger partial charge in [-0.25, -0.2) is 18.2 Å². The van der Waals surface area contributed by atoms with Crippen molar-refractivity contribution >= 4 is 44.4 Å². The van der Waals surface area contributed by atoms with Gasteiger partial charge in [0.15, 0.2) is 16.4 Å². The zero-order chi connectivity index (χ0) is 35.3. The molecule has 0 N–H and O–H groups in total. The van der Waals surface area contributed by atoms with Crippen LogP contribution < -0.4 is 4.90 Å². The second-order valence-corrected chi connectivity index (χ2v) is 28.4. The average molecular weight is 718 g/mol. The first kappa shape index (κ1) is 38.0. The molecule has 0 aliphatic carbocycles. The lowest BCUT2D eigenvalue weighted by Gasteiger charge is -2.34. The van der Waals surface area contributed by atoms with E-state index < -0.39 is 32.5 Å². The van der Waals surface area contributed by atoms with Gasteiger partial charge in [0, 0.05) is 60.0 Å². The molecule has 1 saturated heterocycles. The minimum Gasteiger partial charge on any atom is -0.444 e. The van der Waals surface area contributed by atoms with Gasteiger partial charge < -0.3 is 24.0 Å². The molecule has 4 rings (SSSR count). The second kappa shape index (κ2) is 15.8. The molecule has 1 fully saturated rings. The summed E-state index contributed by atoms with van der Waals surface area (Å²) in [6.07, 6.45) is 3.15. The molecule has 3 aromatic rings. The van der Waals surface area contributed by atoms with Crippen LogP contribution in [0, 0.1) is 0 Å². The third-order valence-corrected chi connectivity index (χ3v) is 12.3. The zero-order valence-electron chi connectivity index (χ0n) is 30.2. The van der Waals surface area contributed by atoms with Crippen molar-refractivity contribution in [3.8, 4) is 11.1 Å². The van der Waals surface area contributed by atoms with Crippen LogP contribution >= 0.6 is 0 Å². The Bertz CT molecular complexity index is 1580. The molecular formula is C34H55N5O6SSi2. The van der Waals surface area contributed by atoms with Gasteiger partial charge in [-0.05, 0) is 63.4 Å². The first-order valence-electron chi connectivity index (χ1n) is 16.9. The Hall–Kier alpha value is -2.79. The number of anilines is 1. The van der Waals surface area contributed by atoms with E-state index in [4.69, 9.17) is 24.3 Å². The van der Waals surface area contributed by atoms with Crippen molar-refractivity contribution in [2.45, 2.75) is 101 Å². The van der Waals surface area contributed by atoms with Crippen molar-refractivity contribution in [1.82, 2.24) is 19.5 Å². The number of thiol groups is 1. The molecule has 266 valence electrons. The number of amides is 1. The Labute approximate surface area is 289 Å². The summed E-state index contributed by atoms with van der Waals surface area (Å²) in [6.45, 7) is 22.8. The Kier molecular flexibility index (Phi) is 12.5. The van der Waals surface area contributed by atoms with Gasteiger partial charge >= 0.3 is 6.09 Å². The smallest absolute Gasteiger partial charge is 0.410 e. The highest BCUT2D eigenvalue weighted by Crippen LogP contribution is 2.33. The predicted molar refractivity (Wildman–Crippen MR) is 197 cm³/mol. The van der Waals surface area contributed by atoms with E-state index in [1.54, 1.807) is 35.4 Å². The van der Waals surface area contributed by atoms with E-state index in [1.807, 2.05) is 25.3 Å². The maximum absolute atomic E-state index is 13.1. The molecule has 1 amide bonds. The molecule has 1 aliphatic heterocycles. The number of carbonyl (C=O) groups excluding carboxylic acids is 1. The van der Waals surface area contributed by atoms with Crippen LogP contribution in [0.2, 0.25) is 51.4 Å². The summed E-state index contributed by atoms with van der Waals surface area (Å²) in [7, 11) is -5.27. The van der Waals surface area contributed by atoms with Crippen molar-refractivity contribution in [1.29, 1.82) is 0 Å². The minimum absolute atomic E-state index is 0.0212. The molecule has 1 atom stereocenters. The molecule has 0 spiro atoms. The number of rotatable bonds is 14. The van der Waals surface area contributed by atoms with Crippen molar-refractivity contribution in [2.24, 2.45) is 0 Å². The molecule has 0 radical (unpaired) electrons. The number of hydrogen-bond donors (Lipinski definition) is 1. The summed E-state index contributed by atoms with van der Waals surface area (Å²) in [4.78, 5) is 22.3. The largest absolute Gasteiger partial charge is 0.444 e. The predicted octanol–water partition coefficient (Wildman–Crippen LogP) is 6.91. The number of benzene rings is 1. The van der Waals surface area contributed by atoms with Crippen LogP contribution in [0.25, 0.3) is 16.8 Å². The van der Waals surface area contributed by atoms with Crippen LogP contribution in [0.5, 0.6) is 0 Å². The van der Waals surface area contributed by atoms with Crippen LogP contribution in [0.1, 0.15) is 45.2 Å². The Morgan fingerprint density at radius 1 is 0.979 bits per heavy atom. The van der Waals surface area contributed by atoms with Gasteiger partial charge in [0.2, 0.25) is 0 Å². The standard InChI is InChI=1S/C34H55N5O6SSi2/c1-34(2,3)45-33(40)37-16-10-11-27(23-37)30-21-31(38(24-43-17-19-47(4,5)6)25-44-18-20-48(7,8)9)39-32(36-30)29(22-35-39)26-12-14-28(15-13-26)46(41)42/h12-15,21-22,27,46H,10-11,16-20,23-25H2,1-9H3. The summed E-state index contributed by atoms with van der Waals surface area (Å²) in [6, 6.07) is 10.9. The fourth-order valence-corrected chi connectivity index (χ4v) is 7.26. The normalized spacial score (nSPS) is 16.1. The highest BCUT2D eigenvalue weighted by atomic mass is 32.2. The molecule has 0 saturated carbocycles. The Morgan fingerprint density at radius 2 is 1.58 bits per heavy atom. The van der Waals surface area contributed by atoms with Gasteiger partial charge in [-0.2, -0.15) is 9.61 Å². The maximum Gasteiger partial charge on any atom is 0.410 e. The average Bonchev–Trinajstić information content (AvgIpc) is 3.42. The fraction of sp³-hybridized carbons (Fsp3) is 0.618.